The molecular formula is C13H7N5O2. The molecule has 0 aliphatic carbocycles. The van der Waals surface area contributed by atoms with Crippen LogP contribution in [-0.4, -0.2) is 4.92 Å². The van der Waals surface area contributed by atoms with Gasteiger partial charge in [0.05, 0.1) is 16.2 Å². The van der Waals surface area contributed by atoms with Gasteiger partial charge in [-0.05, 0) is 11.6 Å². The second-order valence-electron chi connectivity index (χ2n) is 3.53. The van der Waals surface area contributed by atoms with E-state index in [4.69, 9.17) is 21.5 Å². The molecule has 0 saturated heterocycles. The second-order valence-corrected chi connectivity index (χ2v) is 3.53. The van der Waals surface area contributed by atoms with Gasteiger partial charge in [-0.2, -0.15) is 15.8 Å². The van der Waals surface area contributed by atoms with Gasteiger partial charge in [0, 0.05) is 12.1 Å². The number of non-ortho nitro benzene ring substituents is 1. The van der Waals surface area contributed by atoms with Gasteiger partial charge in [0.2, 0.25) is 0 Å². The third kappa shape index (κ3) is 3.19. The zero-order chi connectivity index (χ0) is 15.1. The fourth-order valence-corrected chi connectivity index (χ4v) is 1.35. The van der Waals surface area contributed by atoms with E-state index in [0.29, 0.717) is 5.56 Å². The van der Waals surface area contributed by atoms with E-state index in [0.717, 1.165) is 0 Å². The normalized spacial score (nSPS) is 9.75. The maximum absolute atomic E-state index is 10.6. The minimum atomic E-state index is -0.571. The van der Waals surface area contributed by atoms with E-state index < -0.39 is 4.92 Å². The van der Waals surface area contributed by atoms with Crippen molar-refractivity contribution >= 4 is 11.8 Å². The largest absolute Gasteiger partial charge is 0.396 e. The third-order valence-corrected chi connectivity index (χ3v) is 2.30. The Morgan fingerprint density at radius 3 is 2.40 bits per heavy atom. The molecule has 20 heavy (non-hydrogen) atoms. The van der Waals surface area contributed by atoms with E-state index in [1.807, 2.05) is 0 Å². The number of hydrogen-bond acceptors (Lipinski definition) is 6. The molecule has 7 heteroatoms. The Kier molecular flexibility index (Phi) is 4.58. The van der Waals surface area contributed by atoms with Gasteiger partial charge in [-0.15, -0.1) is 0 Å². The first-order chi connectivity index (χ1) is 9.53. The summed E-state index contributed by atoms with van der Waals surface area (Å²) in [7, 11) is 0. The van der Waals surface area contributed by atoms with Crippen LogP contribution in [0.4, 0.5) is 5.69 Å². The Morgan fingerprint density at radius 2 is 1.90 bits per heavy atom. The van der Waals surface area contributed by atoms with Crippen LogP contribution in [-0.2, 0) is 0 Å². The monoisotopic (exact) mass is 265 g/mol. The summed E-state index contributed by atoms with van der Waals surface area (Å²) in [5, 5.41) is 37.0. The Hall–Kier alpha value is -3.63. The van der Waals surface area contributed by atoms with Gasteiger partial charge in [-0.1, -0.05) is 12.1 Å². The summed E-state index contributed by atoms with van der Waals surface area (Å²) >= 11 is 0. The molecule has 0 aliphatic heterocycles. The highest BCUT2D eigenvalue weighted by molar-refractivity contribution is 5.67. The van der Waals surface area contributed by atoms with Crippen molar-refractivity contribution in [1.29, 1.82) is 15.8 Å². The number of nitrogens with zero attached hydrogens (tertiary/aromatic N) is 4. The molecule has 0 atom stereocenters. The standard InChI is InChI=1S/C13H7N5O2/c14-6-10(13(17)11(7-15)8-16)4-9-2-1-3-12(5-9)18(19)20/h1-5H,17H2/b10-4+. The predicted octanol–water partition coefficient (Wildman–Crippen LogP) is 1.76. The van der Waals surface area contributed by atoms with Crippen LogP contribution in [0.15, 0.2) is 41.1 Å². The number of nitrogens with two attached hydrogens (primary N) is 1. The van der Waals surface area contributed by atoms with Crippen molar-refractivity contribution in [3.05, 3.63) is 56.8 Å². The lowest BCUT2D eigenvalue weighted by Gasteiger charge is -1.99. The number of rotatable bonds is 3. The molecule has 1 aromatic rings. The van der Waals surface area contributed by atoms with Gasteiger partial charge < -0.3 is 5.73 Å². The number of allylic oxidation sites excluding steroid dienone is 2. The molecule has 2 N–H and O–H groups in total. The molecule has 96 valence electrons. The summed E-state index contributed by atoms with van der Waals surface area (Å²) in [6, 6.07) is 10.5. The molecule has 0 fully saturated rings. The highest BCUT2D eigenvalue weighted by atomic mass is 16.6. The molecule has 0 aromatic heterocycles. The topological polar surface area (TPSA) is 141 Å². The average Bonchev–Trinajstić information content (AvgIpc) is 2.46. The van der Waals surface area contributed by atoms with Gasteiger partial charge in [-0.25, -0.2) is 0 Å². The van der Waals surface area contributed by atoms with E-state index in [9.17, 15) is 10.1 Å². The number of nitro groups is 1. The molecule has 0 heterocycles. The Bertz CT molecular complexity index is 725. The van der Waals surface area contributed by atoms with Crippen molar-refractivity contribution in [2.75, 3.05) is 0 Å². The van der Waals surface area contributed by atoms with Crippen LogP contribution < -0.4 is 5.73 Å². The molecule has 0 radical (unpaired) electrons. The summed E-state index contributed by atoms with van der Waals surface area (Å²) in [5.41, 5.74) is 5.03. The lowest BCUT2D eigenvalue weighted by Crippen LogP contribution is -2.03. The molecule has 0 saturated carbocycles. The SMILES string of the molecule is N#CC(C#N)=C(N)/C(C#N)=C/c1cccc([N+](=O)[O-])c1. The second kappa shape index (κ2) is 6.34. The molecule has 1 rings (SSSR count). The molecule has 0 aliphatic rings. The van der Waals surface area contributed by atoms with Gasteiger partial charge in [0.25, 0.3) is 5.69 Å². The van der Waals surface area contributed by atoms with Crippen molar-refractivity contribution < 1.29 is 4.92 Å². The van der Waals surface area contributed by atoms with E-state index in [1.54, 1.807) is 18.2 Å². The van der Waals surface area contributed by atoms with Crippen molar-refractivity contribution in [3.8, 4) is 18.2 Å². The smallest absolute Gasteiger partial charge is 0.270 e. The molecule has 1 aromatic carbocycles. The van der Waals surface area contributed by atoms with Crippen molar-refractivity contribution in [2.45, 2.75) is 0 Å². The molecule has 0 spiro atoms. The molecular weight excluding hydrogens is 258 g/mol. The zero-order valence-electron chi connectivity index (χ0n) is 10.1. The van der Waals surface area contributed by atoms with E-state index in [-0.39, 0.29) is 22.5 Å². The van der Waals surface area contributed by atoms with Crippen LogP contribution in [0, 0.1) is 44.1 Å². The predicted molar refractivity (Wildman–Crippen MR) is 69.1 cm³/mol. The zero-order valence-corrected chi connectivity index (χ0v) is 10.1. The summed E-state index contributed by atoms with van der Waals surface area (Å²) < 4.78 is 0. The highest BCUT2D eigenvalue weighted by Crippen LogP contribution is 2.18. The number of benzene rings is 1. The third-order valence-electron chi connectivity index (χ3n) is 2.30. The first-order valence-electron chi connectivity index (χ1n) is 5.20. The summed E-state index contributed by atoms with van der Waals surface area (Å²) in [6.45, 7) is 0. The van der Waals surface area contributed by atoms with E-state index >= 15 is 0 Å². The quantitative estimate of drug-likeness (QED) is 0.382. The number of nitro benzene ring substituents is 1. The Balaban J connectivity index is 3.35. The van der Waals surface area contributed by atoms with E-state index in [1.165, 1.54) is 30.3 Å². The fourth-order valence-electron chi connectivity index (χ4n) is 1.35. The minimum absolute atomic E-state index is 0.108. The van der Waals surface area contributed by atoms with Crippen LogP contribution in [0.25, 0.3) is 6.08 Å². The van der Waals surface area contributed by atoms with Crippen molar-refractivity contribution in [1.82, 2.24) is 0 Å². The lowest BCUT2D eigenvalue weighted by atomic mass is 10.1. The van der Waals surface area contributed by atoms with Crippen molar-refractivity contribution in [3.63, 3.8) is 0 Å². The first-order valence-corrected chi connectivity index (χ1v) is 5.20. The average molecular weight is 265 g/mol. The van der Waals surface area contributed by atoms with Crippen LogP contribution >= 0.6 is 0 Å². The Morgan fingerprint density at radius 1 is 1.25 bits per heavy atom. The molecule has 0 unspecified atom stereocenters. The lowest BCUT2D eigenvalue weighted by molar-refractivity contribution is -0.384. The van der Waals surface area contributed by atoms with Gasteiger partial charge >= 0.3 is 0 Å². The van der Waals surface area contributed by atoms with Gasteiger partial charge in [0.1, 0.15) is 18.2 Å². The highest BCUT2D eigenvalue weighted by Gasteiger charge is 2.09. The van der Waals surface area contributed by atoms with Crippen LogP contribution in [0.2, 0.25) is 0 Å². The fraction of sp³-hybridized carbons (Fsp3) is 0. The van der Waals surface area contributed by atoms with Gasteiger partial charge in [-0.3, -0.25) is 10.1 Å². The summed E-state index contributed by atoms with van der Waals surface area (Å²) in [6.07, 6.45) is 1.27. The molecule has 7 nitrogen and oxygen atoms in total. The van der Waals surface area contributed by atoms with Crippen molar-refractivity contribution in [2.24, 2.45) is 5.73 Å². The van der Waals surface area contributed by atoms with Crippen LogP contribution in [0.1, 0.15) is 5.56 Å². The molecule has 0 bridgehead atoms. The van der Waals surface area contributed by atoms with Gasteiger partial charge in [0.15, 0.2) is 5.57 Å². The number of nitriles is 3. The summed E-state index contributed by atoms with van der Waals surface area (Å²) in [5.74, 6) is 0. The van der Waals surface area contributed by atoms with Crippen LogP contribution in [0.3, 0.4) is 0 Å². The first kappa shape index (κ1) is 14.4. The minimum Gasteiger partial charge on any atom is -0.396 e. The van der Waals surface area contributed by atoms with E-state index in [2.05, 4.69) is 0 Å². The molecule has 0 amide bonds. The Labute approximate surface area is 114 Å². The summed E-state index contributed by atoms with van der Waals surface area (Å²) in [4.78, 5) is 10.1. The maximum atomic E-state index is 10.6. The maximum Gasteiger partial charge on any atom is 0.270 e. The van der Waals surface area contributed by atoms with Crippen LogP contribution in [0.5, 0.6) is 0 Å². The number of hydrogen-bond donors (Lipinski definition) is 1.